The van der Waals surface area contributed by atoms with E-state index in [0.717, 1.165) is 11.1 Å². The molecule has 1 amide bonds. The fourth-order valence-corrected chi connectivity index (χ4v) is 1.96. The molecule has 1 heterocycles. The largest absolute Gasteiger partial charge is 0.305 e. The van der Waals surface area contributed by atoms with Crippen molar-refractivity contribution in [3.05, 3.63) is 51.4 Å². The van der Waals surface area contributed by atoms with Crippen molar-refractivity contribution in [2.24, 2.45) is 0 Å². The Morgan fingerprint density at radius 2 is 1.95 bits per heavy atom. The van der Waals surface area contributed by atoms with Gasteiger partial charge in [-0.3, -0.25) is 4.79 Å². The Kier molecular flexibility index (Phi) is 4.02. The number of anilines is 1. The molecular formula is C13H11Cl2N3O. The third-order valence-corrected chi connectivity index (χ3v) is 3.35. The topological polar surface area (TPSA) is 54.9 Å². The van der Waals surface area contributed by atoms with Crippen LogP contribution in [0, 0.1) is 13.8 Å². The van der Waals surface area contributed by atoms with Crippen LogP contribution in [-0.4, -0.2) is 15.9 Å². The van der Waals surface area contributed by atoms with Crippen LogP contribution in [0.4, 0.5) is 5.82 Å². The summed E-state index contributed by atoms with van der Waals surface area (Å²) in [6.45, 7) is 3.84. The Hall–Kier alpha value is -1.65. The summed E-state index contributed by atoms with van der Waals surface area (Å²) in [5.41, 5.74) is 2.54. The molecule has 2 rings (SSSR count). The average Bonchev–Trinajstić information content (AvgIpc) is 2.34. The van der Waals surface area contributed by atoms with Gasteiger partial charge in [0.25, 0.3) is 5.91 Å². The Morgan fingerprint density at radius 1 is 1.21 bits per heavy atom. The lowest BCUT2D eigenvalue weighted by molar-refractivity contribution is 0.102. The average molecular weight is 296 g/mol. The van der Waals surface area contributed by atoms with E-state index in [2.05, 4.69) is 15.3 Å². The van der Waals surface area contributed by atoms with Crippen LogP contribution >= 0.6 is 23.2 Å². The first-order valence-electron chi connectivity index (χ1n) is 5.53. The lowest BCUT2D eigenvalue weighted by Gasteiger charge is -2.09. The summed E-state index contributed by atoms with van der Waals surface area (Å²) in [5.74, 6) is -0.0826. The molecule has 0 atom stereocenters. The van der Waals surface area contributed by atoms with Crippen molar-refractivity contribution in [2.45, 2.75) is 13.8 Å². The molecule has 0 aliphatic rings. The lowest BCUT2D eigenvalue weighted by Crippen LogP contribution is -2.15. The molecule has 0 fully saturated rings. The van der Waals surface area contributed by atoms with E-state index in [1.54, 1.807) is 6.07 Å². The second kappa shape index (κ2) is 5.55. The first-order chi connectivity index (χ1) is 8.99. The summed E-state index contributed by atoms with van der Waals surface area (Å²) in [7, 11) is 0. The number of carbonyl (C=O) groups excluding carboxylic acids is 1. The van der Waals surface area contributed by atoms with Crippen molar-refractivity contribution in [3.8, 4) is 0 Å². The smallest absolute Gasteiger partial charge is 0.257 e. The van der Waals surface area contributed by atoms with Gasteiger partial charge in [-0.15, -0.1) is 0 Å². The van der Waals surface area contributed by atoms with Gasteiger partial charge in [-0.2, -0.15) is 0 Å². The van der Waals surface area contributed by atoms with Gasteiger partial charge in [-0.25, -0.2) is 9.97 Å². The summed E-state index contributed by atoms with van der Waals surface area (Å²) >= 11 is 11.7. The van der Waals surface area contributed by atoms with E-state index in [1.807, 2.05) is 26.0 Å². The van der Waals surface area contributed by atoms with Crippen LogP contribution in [-0.2, 0) is 0 Å². The molecule has 0 radical (unpaired) electrons. The minimum Gasteiger partial charge on any atom is -0.305 e. The molecule has 1 aromatic heterocycles. The molecule has 2 aromatic rings. The summed E-state index contributed by atoms with van der Waals surface area (Å²) in [5, 5.41) is 2.85. The minimum atomic E-state index is -0.283. The number of amides is 1. The molecule has 0 aliphatic carbocycles. The normalized spacial score (nSPS) is 10.3. The summed E-state index contributed by atoms with van der Waals surface area (Å²) in [6, 6.07) is 5.57. The number of nitrogens with one attached hydrogen (secondary N) is 1. The second-order valence-electron chi connectivity index (χ2n) is 4.10. The maximum atomic E-state index is 12.1. The zero-order valence-corrected chi connectivity index (χ0v) is 11.9. The summed E-state index contributed by atoms with van der Waals surface area (Å²) < 4.78 is 0. The van der Waals surface area contributed by atoms with E-state index in [-0.39, 0.29) is 21.9 Å². The zero-order chi connectivity index (χ0) is 14.0. The number of hydrogen-bond acceptors (Lipinski definition) is 3. The Morgan fingerprint density at radius 3 is 2.63 bits per heavy atom. The SMILES string of the molecule is Cc1ccc(C(=O)Nc2ncnc(Cl)c2Cl)c(C)c1. The first kappa shape index (κ1) is 13.8. The lowest BCUT2D eigenvalue weighted by atomic mass is 10.1. The molecular weight excluding hydrogens is 285 g/mol. The molecule has 0 saturated carbocycles. The second-order valence-corrected chi connectivity index (χ2v) is 4.84. The third kappa shape index (κ3) is 3.03. The van der Waals surface area contributed by atoms with Gasteiger partial charge in [-0.1, -0.05) is 40.9 Å². The molecule has 0 unspecified atom stereocenters. The number of aryl methyl sites for hydroxylation is 2. The molecule has 1 N–H and O–H groups in total. The molecule has 0 bridgehead atoms. The van der Waals surface area contributed by atoms with Crippen molar-refractivity contribution in [1.29, 1.82) is 0 Å². The van der Waals surface area contributed by atoms with Gasteiger partial charge >= 0.3 is 0 Å². The number of carbonyl (C=O) groups is 1. The highest BCUT2D eigenvalue weighted by Crippen LogP contribution is 2.26. The van der Waals surface area contributed by atoms with Gasteiger partial charge in [0.1, 0.15) is 11.3 Å². The van der Waals surface area contributed by atoms with Crippen LogP contribution in [0.1, 0.15) is 21.5 Å². The van der Waals surface area contributed by atoms with Gasteiger partial charge in [0.2, 0.25) is 0 Å². The van der Waals surface area contributed by atoms with Crippen molar-refractivity contribution in [1.82, 2.24) is 9.97 Å². The highest BCUT2D eigenvalue weighted by Gasteiger charge is 2.13. The highest BCUT2D eigenvalue weighted by atomic mass is 35.5. The fraction of sp³-hybridized carbons (Fsp3) is 0.154. The number of rotatable bonds is 2. The monoisotopic (exact) mass is 295 g/mol. The van der Waals surface area contributed by atoms with Gasteiger partial charge in [-0.05, 0) is 25.5 Å². The predicted molar refractivity (Wildman–Crippen MR) is 75.9 cm³/mol. The van der Waals surface area contributed by atoms with Gasteiger partial charge in [0.05, 0.1) is 0 Å². The molecule has 1 aromatic carbocycles. The quantitative estimate of drug-likeness (QED) is 0.861. The molecule has 0 aliphatic heterocycles. The van der Waals surface area contributed by atoms with Crippen molar-refractivity contribution < 1.29 is 4.79 Å². The highest BCUT2D eigenvalue weighted by molar-refractivity contribution is 6.43. The van der Waals surface area contributed by atoms with Gasteiger partial charge in [0, 0.05) is 5.56 Å². The van der Waals surface area contributed by atoms with Crippen LogP contribution < -0.4 is 5.32 Å². The molecule has 19 heavy (non-hydrogen) atoms. The predicted octanol–water partition coefficient (Wildman–Crippen LogP) is 3.65. The van der Waals surface area contributed by atoms with E-state index in [4.69, 9.17) is 23.2 Å². The summed E-state index contributed by atoms with van der Waals surface area (Å²) in [4.78, 5) is 19.7. The van der Waals surface area contributed by atoms with Crippen molar-refractivity contribution >= 4 is 34.9 Å². The van der Waals surface area contributed by atoms with E-state index in [9.17, 15) is 4.79 Å². The first-order valence-corrected chi connectivity index (χ1v) is 6.29. The third-order valence-electron chi connectivity index (χ3n) is 2.61. The number of benzene rings is 1. The summed E-state index contributed by atoms with van der Waals surface area (Å²) in [6.07, 6.45) is 1.24. The van der Waals surface area contributed by atoms with E-state index >= 15 is 0 Å². The number of nitrogens with zero attached hydrogens (tertiary/aromatic N) is 2. The standard InChI is InChI=1S/C13H11Cl2N3O/c1-7-3-4-9(8(2)5-7)13(19)18-12-10(14)11(15)16-6-17-12/h3-6H,1-2H3,(H,16,17,18,19). The Bertz CT molecular complexity index is 644. The van der Waals surface area contributed by atoms with Crippen LogP contribution in [0.2, 0.25) is 10.2 Å². The minimum absolute atomic E-state index is 0.104. The Labute approximate surface area is 120 Å². The Balaban J connectivity index is 2.28. The van der Waals surface area contributed by atoms with Crippen LogP contribution in [0.3, 0.4) is 0 Å². The maximum absolute atomic E-state index is 12.1. The molecule has 4 nitrogen and oxygen atoms in total. The maximum Gasteiger partial charge on any atom is 0.257 e. The van der Waals surface area contributed by atoms with Crippen molar-refractivity contribution in [3.63, 3.8) is 0 Å². The van der Waals surface area contributed by atoms with E-state index in [0.29, 0.717) is 5.56 Å². The van der Waals surface area contributed by atoms with Gasteiger partial charge in [0.15, 0.2) is 11.0 Å². The number of halogens is 2. The van der Waals surface area contributed by atoms with Gasteiger partial charge < -0.3 is 5.32 Å². The molecule has 6 heteroatoms. The van der Waals surface area contributed by atoms with Crippen LogP contribution in [0.15, 0.2) is 24.5 Å². The van der Waals surface area contributed by atoms with E-state index in [1.165, 1.54) is 6.33 Å². The van der Waals surface area contributed by atoms with E-state index < -0.39 is 0 Å². The fourth-order valence-electron chi connectivity index (χ4n) is 1.68. The molecule has 0 saturated heterocycles. The number of hydrogen-bond donors (Lipinski definition) is 1. The van der Waals surface area contributed by atoms with Crippen LogP contribution in [0.5, 0.6) is 0 Å². The van der Waals surface area contributed by atoms with Crippen molar-refractivity contribution in [2.75, 3.05) is 5.32 Å². The van der Waals surface area contributed by atoms with Crippen LogP contribution in [0.25, 0.3) is 0 Å². The molecule has 98 valence electrons. The zero-order valence-electron chi connectivity index (χ0n) is 10.4. The number of aromatic nitrogens is 2. The molecule has 0 spiro atoms.